The van der Waals surface area contributed by atoms with E-state index in [0.29, 0.717) is 12.5 Å². The van der Waals surface area contributed by atoms with Crippen LogP contribution in [0.4, 0.5) is 0 Å². The molecule has 2 N–H and O–H groups in total. The lowest BCUT2D eigenvalue weighted by atomic mass is 10.1. The van der Waals surface area contributed by atoms with Gasteiger partial charge >= 0.3 is 0 Å². The molecule has 1 saturated heterocycles. The first kappa shape index (κ1) is 15.4. The molecule has 0 saturated carbocycles. The fourth-order valence-corrected chi connectivity index (χ4v) is 3.12. The van der Waals surface area contributed by atoms with Crippen molar-refractivity contribution in [3.63, 3.8) is 0 Å². The summed E-state index contributed by atoms with van der Waals surface area (Å²) in [5, 5.41) is 2.20. The Morgan fingerprint density at radius 2 is 2.17 bits per heavy atom. The Bertz CT molecular complexity index is 375. The molecule has 0 spiro atoms. The van der Waals surface area contributed by atoms with Gasteiger partial charge in [-0.2, -0.15) is 0 Å². The average molecular weight is 277 g/mol. The molecule has 18 heavy (non-hydrogen) atoms. The first-order valence-electron chi connectivity index (χ1n) is 6.25. The fourth-order valence-electron chi connectivity index (χ4n) is 1.99. The van der Waals surface area contributed by atoms with Crippen LogP contribution in [-0.4, -0.2) is 58.2 Å². The second-order valence-electron chi connectivity index (χ2n) is 4.96. The van der Waals surface area contributed by atoms with Crippen LogP contribution in [0, 0.1) is 5.92 Å². The highest BCUT2D eigenvalue weighted by Gasteiger charge is 2.28. The zero-order valence-electron chi connectivity index (χ0n) is 11.3. The maximum atomic E-state index is 11.9. The van der Waals surface area contributed by atoms with Gasteiger partial charge in [0.15, 0.2) is 5.25 Å². The molecule has 0 aliphatic carbocycles. The minimum Gasteiger partial charge on any atom is -0.348 e. The molecule has 0 aromatic heterocycles. The normalized spacial score (nSPS) is 21.8. The molecule has 1 amide bonds. The summed E-state index contributed by atoms with van der Waals surface area (Å²) in [5.74, 6) is 0.137. The molecule has 1 rings (SSSR count). The Labute approximate surface area is 109 Å². The highest BCUT2D eigenvalue weighted by molar-refractivity contribution is 7.90. The van der Waals surface area contributed by atoms with Gasteiger partial charge in [-0.15, -0.1) is 0 Å². The first-order chi connectivity index (χ1) is 8.34. The number of carbonyl (C=O) groups excluding carboxylic acids is 1. The summed E-state index contributed by atoms with van der Waals surface area (Å²) in [7, 11) is -0.450. The van der Waals surface area contributed by atoms with Crippen LogP contribution >= 0.6 is 0 Å². The van der Waals surface area contributed by atoms with E-state index in [4.69, 9.17) is 0 Å². The van der Waals surface area contributed by atoms with E-state index in [0.717, 1.165) is 25.9 Å². The molecule has 2 unspecified atom stereocenters. The minimum absolute atomic E-state index is 0.398. The lowest BCUT2D eigenvalue weighted by Gasteiger charge is -2.18. The number of nitrogens with one attached hydrogen (secondary N) is 2. The van der Waals surface area contributed by atoms with Gasteiger partial charge < -0.3 is 10.2 Å². The van der Waals surface area contributed by atoms with Crippen LogP contribution in [0.1, 0.15) is 19.8 Å². The fraction of sp³-hybridized carbons (Fsp3) is 0.909. The van der Waals surface area contributed by atoms with Crippen molar-refractivity contribution in [2.45, 2.75) is 25.0 Å². The lowest BCUT2D eigenvalue weighted by molar-refractivity contribution is -0.127. The number of amides is 1. The topological polar surface area (TPSA) is 78.5 Å². The second-order valence-corrected chi connectivity index (χ2v) is 7.05. The van der Waals surface area contributed by atoms with Crippen LogP contribution in [0.3, 0.4) is 0 Å². The van der Waals surface area contributed by atoms with Crippen molar-refractivity contribution in [1.82, 2.24) is 14.9 Å². The van der Waals surface area contributed by atoms with Gasteiger partial charge in [0.05, 0.1) is 0 Å². The van der Waals surface area contributed by atoms with Gasteiger partial charge in [-0.3, -0.25) is 4.79 Å². The molecular formula is C11H23N3O3S. The number of hydrogen-bond acceptors (Lipinski definition) is 4. The summed E-state index contributed by atoms with van der Waals surface area (Å²) >= 11 is 0. The molecule has 1 aliphatic heterocycles. The van der Waals surface area contributed by atoms with E-state index in [2.05, 4.69) is 10.0 Å². The van der Waals surface area contributed by atoms with E-state index in [1.165, 1.54) is 11.8 Å². The van der Waals surface area contributed by atoms with E-state index in [1.54, 1.807) is 14.1 Å². The third-order valence-electron chi connectivity index (χ3n) is 3.27. The summed E-state index contributed by atoms with van der Waals surface area (Å²) in [4.78, 5) is 12.9. The minimum atomic E-state index is -3.56. The van der Waals surface area contributed by atoms with E-state index in [1.807, 2.05) is 0 Å². The van der Waals surface area contributed by atoms with Gasteiger partial charge in [-0.25, -0.2) is 13.1 Å². The van der Waals surface area contributed by atoms with E-state index < -0.39 is 21.2 Å². The maximum absolute atomic E-state index is 11.9. The van der Waals surface area contributed by atoms with Crippen molar-refractivity contribution in [3.05, 3.63) is 0 Å². The maximum Gasteiger partial charge on any atom is 0.241 e. The molecule has 7 heteroatoms. The highest BCUT2D eigenvalue weighted by Crippen LogP contribution is 2.11. The molecule has 1 fully saturated rings. The van der Waals surface area contributed by atoms with Crippen molar-refractivity contribution in [2.75, 3.05) is 33.7 Å². The summed E-state index contributed by atoms with van der Waals surface area (Å²) < 4.78 is 26.3. The number of hydrogen-bond donors (Lipinski definition) is 2. The largest absolute Gasteiger partial charge is 0.348 e. The van der Waals surface area contributed by atoms with Crippen LogP contribution < -0.4 is 10.0 Å². The molecule has 2 atom stereocenters. The molecule has 1 heterocycles. The van der Waals surface area contributed by atoms with Gasteiger partial charge in [0.1, 0.15) is 0 Å². The molecule has 0 aromatic carbocycles. The van der Waals surface area contributed by atoms with Crippen molar-refractivity contribution in [2.24, 2.45) is 5.92 Å². The van der Waals surface area contributed by atoms with Crippen molar-refractivity contribution in [3.8, 4) is 0 Å². The van der Waals surface area contributed by atoms with Crippen molar-refractivity contribution < 1.29 is 13.2 Å². The van der Waals surface area contributed by atoms with Gasteiger partial charge in [0.25, 0.3) is 0 Å². The monoisotopic (exact) mass is 277 g/mol. The molecule has 0 aromatic rings. The first-order valence-corrected chi connectivity index (χ1v) is 7.79. The Balaban J connectivity index is 2.41. The van der Waals surface area contributed by atoms with Crippen LogP contribution in [0.5, 0.6) is 0 Å². The Morgan fingerprint density at radius 1 is 1.50 bits per heavy atom. The average Bonchev–Trinajstić information content (AvgIpc) is 2.79. The highest BCUT2D eigenvalue weighted by atomic mass is 32.2. The van der Waals surface area contributed by atoms with Crippen LogP contribution in [-0.2, 0) is 14.8 Å². The Hall–Kier alpha value is -0.660. The number of sulfonamides is 1. The zero-order chi connectivity index (χ0) is 13.8. The van der Waals surface area contributed by atoms with E-state index >= 15 is 0 Å². The number of carbonyl (C=O) groups is 1. The smallest absolute Gasteiger partial charge is 0.241 e. The van der Waals surface area contributed by atoms with Gasteiger partial charge in [-0.1, -0.05) is 0 Å². The van der Waals surface area contributed by atoms with E-state index in [9.17, 15) is 13.2 Å². The SMILES string of the molecule is CC(C(=O)N(C)C)S(=O)(=O)NCCC1CCNC1. The van der Waals surface area contributed by atoms with Gasteiger partial charge in [0, 0.05) is 20.6 Å². The molecule has 6 nitrogen and oxygen atoms in total. The third-order valence-corrected chi connectivity index (χ3v) is 5.01. The summed E-state index contributed by atoms with van der Waals surface area (Å²) in [6.07, 6.45) is 1.91. The van der Waals surface area contributed by atoms with Crippen LogP contribution in [0.2, 0.25) is 0 Å². The third kappa shape index (κ3) is 4.22. The van der Waals surface area contributed by atoms with Gasteiger partial charge in [0.2, 0.25) is 15.9 Å². The predicted molar refractivity (Wildman–Crippen MR) is 70.7 cm³/mol. The molecular weight excluding hydrogens is 254 g/mol. The van der Waals surface area contributed by atoms with Crippen molar-refractivity contribution >= 4 is 15.9 Å². The molecule has 1 aliphatic rings. The lowest BCUT2D eigenvalue weighted by Crippen LogP contribution is -2.43. The summed E-state index contributed by atoms with van der Waals surface area (Å²) in [6, 6.07) is 0. The van der Waals surface area contributed by atoms with Gasteiger partial charge in [-0.05, 0) is 38.8 Å². The van der Waals surface area contributed by atoms with Crippen LogP contribution in [0.15, 0.2) is 0 Å². The summed E-state index contributed by atoms with van der Waals surface area (Å²) in [6.45, 7) is 3.78. The van der Waals surface area contributed by atoms with Crippen molar-refractivity contribution in [1.29, 1.82) is 0 Å². The zero-order valence-corrected chi connectivity index (χ0v) is 12.1. The number of nitrogens with zero attached hydrogens (tertiary/aromatic N) is 1. The molecule has 106 valence electrons. The van der Waals surface area contributed by atoms with E-state index in [-0.39, 0.29) is 0 Å². The Morgan fingerprint density at radius 3 is 2.67 bits per heavy atom. The second kappa shape index (κ2) is 6.49. The summed E-state index contributed by atoms with van der Waals surface area (Å²) in [5.41, 5.74) is 0. The van der Waals surface area contributed by atoms with Crippen LogP contribution in [0.25, 0.3) is 0 Å². The number of rotatable bonds is 6. The quantitative estimate of drug-likeness (QED) is 0.678. The molecule has 0 bridgehead atoms. The predicted octanol–water partition coefficient (Wildman–Crippen LogP) is -0.618. The molecule has 0 radical (unpaired) electrons. The Kier molecular flexibility index (Phi) is 5.55. The standard InChI is InChI=1S/C11H23N3O3S/c1-9(11(15)14(2)3)18(16,17)13-7-5-10-4-6-12-8-10/h9-10,12-13H,4-8H2,1-3H3.